The molecule has 1 aromatic heterocycles. The van der Waals surface area contributed by atoms with Crippen LogP contribution in [0.15, 0.2) is 0 Å². The predicted molar refractivity (Wildman–Crippen MR) is 59.9 cm³/mol. The van der Waals surface area contributed by atoms with Crippen LogP contribution in [0.25, 0.3) is 0 Å². The van der Waals surface area contributed by atoms with E-state index in [0.29, 0.717) is 0 Å². The number of nitrogens with one attached hydrogen (secondary N) is 1. The van der Waals surface area contributed by atoms with Crippen LogP contribution in [0.2, 0.25) is 0 Å². The molecule has 0 aromatic carbocycles. The number of hydrogen-bond donors (Lipinski definition) is 2. The van der Waals surface area contributed by atoms with Gasteiger partial charge in [0.15, 0.2) is 0 Å². The van der Waals surface area contributed by atoms with Crippen LogP contribution in [0.4, 0.5) is 5.95 Å². The molecule has 86 valence electrons. The molecule has 0 amide bonds. The SMILES string of the molecule is CCNc1nnc(CCCCO)n1CC. The molecule has 1 aromatic rings. The second-order valence-electron chi connectivity index (χ2n) is 3.40. The lowest BCUT2D eigenvalue weighted by Crippen LogP contribution is -2.08. The molecule has 15 heavy (non-hydrogen) atoms. The van der Waals surface area contributed by atoms with Crippen molar-refractivity contribution in [1.29, 1.82) is 0 Å². The second kappa shape index (κ2) is 6.40. The molecule has 0 atom stereocenters. The fraction of sp³-hybridized carbons (Fsp3) is 0.800. The van der Waals surface area contributed by atoms with Crippen LogP contribution in [-0.2, 0) is 13.0 Å². The highest BCUT2D eigenvalue weighted by atomic mass is 16.2. The van der Waals surface area contributed by atoms with Crippen LogP contribution in [-0.4, -0.2) is 33.0 Å². The highest BCUT2D eigenvalue weighted by Gasteiger charge is 2.08. The lowest BCUT2D eigenvalue weighted by molar-refractivity contribution is 0.284. The third kappa shape index (κ3) is 3.20. The van der Waals surface area contributed by atoms with Crippen molar-refractivity contribution in [3.05, 3.63) is 5.82 Å². The molecule has 1 heterocycles. The van der Waals surface area contributed by atoms with Gasteiger partial charge >= 0.3 is 0 Å². The van der Waals surface area contributed by atoms with Crippen LogP contribution < -0.4 is 5.32 Å². The van der Waals surface area contributed by atoms with Gasteiger partial charge in [0.2, 0.25) is 5.95 Å². The Kier molecular flexibility index (Phi) is 5.10. The average molecular weight is 212 g/mol. The van der Waals surface area contributed by atoms with E-state index in [2.05, 4.69) is 27.0 Å². The Balaban J connectivity index is 2.62. The van der Waals surface area contributed by atoms with Gasteiger partial charge in [0.25, 0.3) is 0 Å². The minimum atomic E-state index is 0.250. The zero-order valence-corrected chi connectivity index (χ0v) is 9.53. The molecule has 0 saturated heterocycles. The quantitative estimate of drug-likeness (QED) is 0.663. The van der Waals surface area contributed by atoms with Crippen LogP contribution >= 0.6 is 0 Å². The lowest BCUT2D eigenvalue weighted by atomic mass is 10.2. The van der Waals surface area contributed by atoms with E-state index < -0.39 is 0 Å². The minimum absolute atomic E-state index is 0.250. The average Bonchev–Trinajstić information content (AvgIpc) is 2.62. The van der Waals surface area contributed by atoms with Gasteiger partial charge in [-0.3, -0.25) is 4.57 Å². The predicted octanol–water partition coefficient (Wildman–Crippen LogP) is 1.04. The monoisotopic (exact) mass is 212 g/mol. The minimum Gasteiger partial charge on any atom is -0.396 e. The Morgan fingerprint density at radius 2 is 2.07 bits per heavy atom. The maximum atomic E-state index is 8.71. The first-order chi connectivity index (χ1) is 7.33. The fourth-order valence-electron chi connectivity index (χ4n) is 1.54. The Hall–Kier alpha value is -1.10. The first-order valence-electron chi connectivity index (χ1n) is 5.60. The highest BCUT2D eigenvalue weighted by Crippen LogP contribution is 2.09. The molecular formula is C10H20N4O. The number of aryl methyl sites for hydroxylation is 1. The van der Waals surface area contributed by atoms with Gasteiger partial charge in [-0.2, -0.15) is 0 Å². The van der Waals surface area contributed by atoms with E-state index in [1.807, 2.05) is 6.92 Å². The molecule has 0 fully saturated rings. The molecule has 0 bridgehead atoms. The van der Waals surface area contributed by atoms with E-state index in [1.54, 1.807) is 0 Å². The molecule has 0 aliphatic rings. The van der Waals surface area contributed by atoms with E-state index in [4.69, 9.17) is 5.11 Å². The maximum Gasteiger partial charge on any atom is 0.224 e. The van der Waals surface area contributed by atoms with Gasteiger partial charge in [0.1, 0.15) is 5.82 Å². The summed E-state index contributed by atoms with van der Waals surface area (Å²) in [6.45, 7) is 6.11. The number of aromatic nitrogens is 3. The number of hydrogen-bond acceptors (Lipinski definition) is 4. The first-order valence-corrected chi connectivity index (χ1v) is 5.60. The van der Waals surface area contributed by atoms with Gasteiger partial charge in [-0.25, -0.2) is 0 Å². The molecule has 0 spiro atoms. The molecule has 0 unspecified atom stereocenters. The van der Waals surface area contributed by atoms with Crippen LogP contribution in [0.1, 0.15) is 32.5 Å². The Morgan fingerprint density at radius 3 is 2.67 bits per heavy atom. The summed E-state index contributed by atoms with van der Waals surface area (Å²) in [5.74, 6) is 1.85. The zero-order valence-electron chi connectivity index (χ0n) is 9.53. The molecular weight excluding hydrogens is 192 g/mol. The number of unbranched alkanes of at least 4 members (excludes halogenated alkanes) is 1. The summed E-state index contributed by atoms with van der Waals surface area (Å²) in [5, 5.41) is 20.1. The smallest absolute Gasteiger partial charge is 0.224 e. The van der Waals surface area contributed by atoms with E-state index in [0.717, 1.165) is 44.1 Å². The molecule has 0 radical (unpaired) electrons. The van der Waals surface area contributed by atoms with Gasteiger partial charge in [-0.05, 0) is 26.7 Å². The number of aliphatic hydroxyl groups is 1. The van der Waals surface area contributed by atoms with E-state index >= 15 is 0 Å². The normalized spacial score (nSPS) is 10.6. The van der Waals surface area contributed by atoms with Crippen molar-refractivity contribution in [3.63, 3.8) is 0 Å². The van der Waals surface area contributed by atoms with Crippen molar-refractivity contribution < 1.29 is 5.11 Å². The summed E-state index contributed by atoms with van der Waals surface area (Å²) >= 11 is 0. The number of rotatable bonds is 7. The summed E-state index contributed by atoms with van der Waals surface area (Å²) in [6.07, 6.45) is 2.67. The highest BCUT2D eigenvalue weighted by molar-refractivity contribution is 5.25. The summed E-state index contributed by atoms with van der Waals surface area (Å²) in [7, 11) is 0. The van der Waals surface area contributed by atoms with Gasteiger partial charge in [0.05, 0.1) is 0 Å². The lowest BCUT2D eigenvalue weighted by Gasteiger charge is -2.07. The summed E-state index contributed by atoms with van der Waals surface area (Å²) in [6, 6.07) is 0. The zero-order chi connectivity index (χ0) is 11.1. The van der Waals surface area contributed by atoms with E-state index in [-0.39, 0.29) is 6.61 Å². The Morgan fingerprint density at radius 1 is 1.27 bits per heavy atom. The van der Waals surface area contributed by atoms with Crippen LogP contribution in [0.3, 0.4) is 0 Å². The topological polar surface area (TPSA) is 63.0 Å². The number of anilines is 1. The Bertz CT molecular complexity index is 285. The maximum absolute atomic E-state index is 8.71. The van der Waals surface area contributed by atoms with E-state index in [9.17, 15) is 0 Å². The summed E-state index contributed by atoms with van der Waals surface area (Å²) in [5.41, 5.74) is 0. The van der Waals surface area contributed by atoms with Crippen molar-refractivity contribution in [2.75, 3.05) is 18.5 Å². The number of nitrogens with zero attached hydrogens (tertiary/aromatic N) is 3. The number of aliphatic hydroxyl groups excluding tert-OH is 1. The van der Waals surface area contributed by atoms with E-state index in [1.165, 1.54) is 0 Å². The van der Waals surface area contributed by atoms with Crippen molar-refractivity contribution in [1.82, 2.24) is 14.8 Å². The van der Waals surface area contributed by atoms with Crippen molar-refractivity contribution in [2.24, 2.45) is 0 Å². The third-order valence-corrected chi connectivity index (χ3v) is 2.29. The Labute approximate surface area is 90.5 Å². The second-order valence-corrected chi connectivity index (χ2v) is 3.40. The molecule has 0 saturated carbocycles. The first kappa shape index (κ1) is 12.0. The van der Waals surface area contributed by atoms with Crippen molar-refractivity contribution >= 4 is 5.95 Å². The largest absolute Gasteiger partial charge is 0.396 e. The molecule has 0 aliphatic heterocycles. The molecule has 2 N–H and O–H groups in total. The van der Waals surface area contributed by atoms with Gasteiger partial charge in [-0.1, -0.05) is 0 Å². The molecule has 1 rings (SSSR count). The van der Waals surface area contributed by atoms with Crippen molar-refractivity contribution in [2.45, 2.75) is 39.7 Å². The van der Waals surface area contributed by atoms with Gasteiger partial charge in [-0.15, -0.1) is 10.2 Å². The molecule has 5 heteroatoms. The van der Waals surface area contributed by atoms with Crippen molar-refractivity contribution in [3.8, 4) is 0 Å². The van der Waals surface area contributed by atoms with Crippen LogP contribution in [0, 0.1) is 0 Å². The van der Waals surface area contributed by atoms with Gasteiger partial charge < -0.3 is 10.4 Å². The fourth-order valence-corrected chi connectivity index (χ4v) is 1.54. The standard InChI is InChI=1S/C10H20N4O/c1-3-11-10-13-12-9(14(10)4-2)7-5-6-8-15/h15H,3-8H2,1-2H3,(H,11,13). The van der Waals surface area contributed by atoms with Crippen LogP contribution in [0.5, 0.6) is 0 Å². The summed E-state index contributed by atoms with van der Waals surface area (Å²) in [4.78, 5) is 0. The summed E-state index contributed by atoms with van der Waals surface area (Å²) < 4.78 is 2.08. The molecule has 5 nitrogen and oxygen atoms in total. The molecule has 0 aliphatic carbocycles. The third-order valence-electron chi connectivity index (χ3n) is 2.29. The van der Waals surface area contributed by atoms with Gasteiger partial charge in [0, 0.05) is 26.1 Å².